The van der Waals surface area contributed by atoms with Crippen LogP contribution in [0.5, 0.6) is 0 Å². The van der Waals surface area contributed by atoms with Crippen LogP contribution in [0.3, 0.4) is 0 Å². The molecule has 0 radical (unpaired) electrons. The lowest BCUT2D eigenvalue weighted by atomic mass is 10.4. The van der Waals surface area contributed by atoms with Crippen LogP contribution in [-0.2, 0) is 16.8 Å². The number of hydrogen-bond donors (Lipinski definition) is 3. The van der Waals surface area contributed by atoms with Crippen LogP contribution < -0.4 is 9.44 Å². The molecule has 1 rings (SSSR count). The molecule has 0 aliphatic rings. The Labute approximate surface area is 118 Å². The van der Waals surface area contributed by atoms with Crippen LogP contribution in [0.1, 0.15) is 29.5 Å². The molecule has 0 spiro atoms. The van der Waals surface area contributed by atoms with E-state index in [2.05, 4.69) is 21.3 Å². The van der Waals surface area contributed by atoms with E-state index in [1.54, 1.807) is 0 Å². The summed E-state index contributed by atoms with van der Waals surface area (Å²) in [6, 6.07) is 3.69. The predicted octanol–water partition coefficient (Wildman–Crippen LogP) is 0.816. The Kier molecular flexibility index (Phi) is 7.05. The summed E-state index contributed by atoms with van der Waals surface area (Å²) in [5.41, 5.74) is 0. The van der Waals surface area contributed by atoms with Crippen molar-refractivity contribution in [2.24, 2.45) is 0 Å². The van der Waals surface area contributed by atoms with Gasteiger partial charge in [0.1, 0.15) is 0 Å². The van der Waals surface area contributed by atoms with Crippen molar-refractivity contribution in [1.82, 2.24) is 9.44 Å². The molecule has 1 heterocycles. The van der Waals surface area contributed by atoms with E-state index in [4.69, 9.17) is 5.11 Å². The molecular formula is C12H18N2O3S2. The number of rotatable bonds is 7. The average Bonchev–Trinajstić information content (AvgIpc) is 2.83. The molecule has 1 aromatic heterocycles. The van der Waals surface area contributed by atoms with Gasteiger partial charge < -0.3 is 5.11 Å². The van der Waals surface area contributed by atoms with E-state index >= 15 is 0 Å². The molecule has 1 aromatic rings. The van der Waals surface area contributed by atoms with Crippen LogP contribution in [0.2, 0.25) is 0 Å². The summed E-state index contributed by atoms with van der Waals surface area (Å²) in [6.45, 7) is 2.64. The number of hydrogen-bond acceptors (Lipinski definition) is 4. The summed E-state index contributed by atoms with van der Waals surface area (Å²) in [5.74, 6) is 5.74. The van der Waals surface area contributed by atoms with Crippen molar-refractivity contribution in [1.29, 1.82) is 0 Å². The first-order valence-corrected chi connectivity index (χ1v) is 8.30. The van der Waals surface area contributed by atoms with Crippen LogP contribution in [0.4, 0.5) is 0 Å². The molecule has 0 saturated heterocycles. The highest BCUT2D eigenvalue weighted by atomic mass is 32.2. The van der Waals surface area contributed by atoms with Gasteiger partial charge in [-0.1, -0.05) is 18.8 Å². The molecule has 19 heavy (non-hydrogen) atoms. The van der Waals surface area contributed by atoms with Crippen LogP contribution >= 0.6 is 11.3 Å². The Morgan fingerprint density at radius 2 is 2.16 bits per heavy atom. The van der Waals surface area contributed by atoms with E-state index < -0.39 is 10.2 Å². The van der Waals surface area contributed by atoms with Gasteiger partial charge in [0.2, 0.25) is 0 Å². The minimum Gasteiger partial charge on any atom is -0.395 e. The second kappa shape index (κ2) is 8.30. The van der Waals surface area contributed by atoms with Crippen molar-refractivity contribution in [2.45, 2.75) is 26.3 Å². The Bertz CT molecular complexity index is 541. The number of nitrogens with one attached hydrogen (secondary N) is 2. The number of thiophene rings is 1. The molecular weight excluding hydrogens is 284 g/mol. The lowest BCUT2D eigenvalue weighted by molar-refractivity contribution is 0.305. The third-order valence-electron chi connectivity index (χ3n) is 2.09. The van der Waals surface area contributed by atoms with E-state index in [1.165, 1.54) is 11.3 Å². The van der Waals surface area contributed by atoms with Crippen molar-refractivity contribution in [3.63, 3.8) is 0 Å². The molecule has 7 heteroatoms. The van der Waals surface area contributed by atoms with Gasteiger partial charge in [-0.3, -0.25) is 0 Å². The molecule has 5 nitrogen and oxygen atoms in total. The second-order valence-corrected chi connectivity index (χ2v) is 6.51. The summed E-state index contributed by atoms with van der Waals surface area (Å²) in [7, 11) is -3.42. The normalized spacial score (nSPS) is 11.1. The monoisotopic (exact) mass is 302 g/mol. The first kappa shape index (κ1) is 16.1. The maximum absolute atomic E-state index is 11.5. The summed E-state index contributed by atoms with van der Waals surface area (Å²) < 4.78 is 27.9. The smallest absolute Gasteiger partial charge is 0.277 e. The standard InChI is InChI=1S/C12H18N2O3S2/c1-2-8-13-19(16,17)14-10-12-7-6-11(18-12)5-3-4-9-15/h6-7,13-15H,2,4,8-10H2,1H3. The summed E-state index contributed by atoms with van der Waals surface area (Å²) >= 11 is 1.44. The fourth-order valence-corrected chi connectivity index (χ4v) is 3.03. The van der Waals surface area contributed by atoms with Crippen molar-refractivity contribution < 1.29 is 13.5 Å². The van der Waals surface area contributed by atoms with E-state index in [9.17, 15) is 8.42 Å². The van der Waals surface area contributed by atoms with Gasteiger partial charge in [0, 0.05) is 24.4 Å². The van der Waals surface area contributed by atoms with Gasteiger partial charge in [0.15, 0.2) is 0 Å². The molecule has 0 aliphatic heterocycles. The maximum Gasteiger partial charge on any atom is 0.277 e. The zero-order valence-corrected chi connectivity index (χ0v) is 12.4. The lowest BCUT2D eigenvalue weighted by Gasteiger charge is -2.05. The Morgan fingerprint density at radius 1 is 1.37 bits per heavy atom. The molecule has 3 N–H and O–H groups in total. The predicted molar refractivity (Wildman–Crippen MR) is 77.0 cm³/mol. The van der Waals surface area contributed by atoms with Gasteiger partial charge in [-0.25, -0.2) is 4.72 Å². The van der Waals surface area contributed by atoms with Crippen molar-refractivity contribution in [2.75, 3.05) is 13.2 Å². The molecule has 0 amide bonds. The Hall–Kier alpha value is -0.910. The summed E-state index contributed by atoms with van der Waals surface area (Å²) in [5, 5.41) is 8.61. The van der Waals surface area contributed by atoms with Gasteiger partial charge in [-0.05, 0) is 18.6 Å². The summed E-state index contributed by atoms with van der Waals surface area (Å²) in [4.78, 5) is 1.76. The van der Waals surface area contributed by atoms with Gasteiger partial charge in [-0.15, -0.1) is 11.3 Å². The van der Waals surface area contributed by atoms with Crippen LogP contribution in [0.15, 0.2) is 12.1 Å². The highest BCUT2D eigenvalue weighted by Gasteiger charge is 2.08. The maximum atomic E-state index is 11.5. The Balaban J connectivity index is 2.49. The third-order valence-corrected chi connectivity index (χ3v) is 4.20. The van der Waals surface area contributed by atoms with Crippen molar-refractivity contribution in [3.05, 3.63) is 21.9 Å². The van der Waals surface area contributed by atoms with Crippen LogP contribution in [0.25, 0.3) is 0 Å². The number of aliphatic hydroxyl groups is 1. The van der Waals surface area contributed by atoms with E-state index in [0.717, 1.165) is 16.2 Å². The Morgan fingerprint density at radius 3 is 2.84 bits per heavy atom. The highest BCUT2D eigenvalue weighted by molar-refractivity contribution is 7.87. The summed E-state index contributed by atoms with van der Waals surface area (Å²) in [6.07, 6.45) is 1.20. The fourth-order valence-electron chi connectivity index (χ4n) is 1.20. The number of aliphatic hydroxyl groups excluding tert-OH is 1. The first-order chi connectivity index (χ1) is 9.07. The molecule has 0 aromatic carbocycles. The third kappa shape index (κ3) is 6.71. The van der Waals surface area contributed by atoms with Gasteiger partial charge in [0.25, 0.3) is 10.2 Å². The zero-order chi connectivity index (χ0) is 14.1. The lowest BCUT2D eigenvalue weighted by Crippen LogP contribution is -2.36. The van der Waals surface area contributed by atoms with E-state index in [-0.39, 0.29) is 13.2 Å². The average molecular weight is 302 g/mol. The minimum absolute atomic E-state index is 0.0497. The molecule has 0 bridgehead atoms. The highest BCUT2D eigenvalue weighted by Crippen LogP contribution is 2.15. The largest absolute Gasteiger partial charge is 0.395 e. The first-order valence-electron chi connectivity index (χ1n) is 6.00. The van der Waals surface area contributed by atoms with Crippen molar-refractivity contribution in [3.8, 4) is 11.8 Å². The molecule has 0 saturated carbocycles. The van der Waals surface area contributed by atoms with Gasteiger partial charge in [-0.2, -0.15) is 13.1 Å². The molecule has 0 unspecified atom stereocenters. The minimum atomic E-state index is -3.42. The molecule has 0 atom stereocenters. The molecule has 106 valence electrons. The second-order valence-electron chi connectivity index (χ2n) is 3.76. The quantitative estimate of drug-likeness (QED) is 0.652. The van der Waals surface area contributed by atoms with Crippen LogP contribution in [0, 0.1) is 11.8 Å². The SMILES string of the molecule is CCCNS(=O)(=O)NCc1ccc(C#CCCO)s1. The zero-order valence-electron chi connectivity index (χ0n) is 10.8. The van der Waals surface area contributed by atoms with Crippen molar-refractivity contribution >= 4 is 21.5 Å². The van der Waals surface area contributed by atoms with Crippen LogP contribution in [-0.4, -0.2) is 26.7 Å². The van der Waals surface area contributed by atoms with E-state index in [1.807, 2.05) is 19.1 Å². The topological polar surface area (TPSA) is 78.4 Å². The van der Waals surface area contributed by atoms with Gasteiger partial charge in [0.05, 0.1) is 11.5 Å². The molecule has 0 aliphatic carbocycles. The van der Waals surface area contributed by atoms with E-state index in [0.29, 0.717) is 13.0 Å². The van der Waals surface area contributed by atoms with Gasteiger partial charge >= 0.3 is 0 Å². The fraction of sp³-hybridized carbons (Fsp3) is 0.500. The molecule has 0 fully saturated rings.